The van der Waals surface area contributed by atoms with Crippen LogP contribution >= 0.6 is 0 Å². The Labute approximate surface area is 143 Å². The van der Waals surface area contributed by atoms with Crippen molar-refractivity contribution in [1.29, 1.82) is 0 Å². The smallest absolute Gasteiger partial charge is 0.212 e. The summed E-state index contributed by atoms with van der Waals surface area (Å²) in [5.41, 5.74) is 6.09. The van der Waals surface area contributed by atoms with E-state index >= 15 is 0 Å². The topological polar surface area (TPSA) is 81.4 Å². The van der Waals surface area contributed by atoms with Crippen molar-refractivity contribution in [2.45, 2.75) is 45.1 Å². The van der Waals surface area contributed by atoms with Crippen LogP contribution in [0.15, 0.2) is 18.2 Å². The average molecular weight is 358 g/mol. The van der Waals surface area contributed by atoms with E-state index in [1.807, 2.05) is 0 Å². The Morgan fingerprint density at radius 2 is 2.08 bits per heavy atom. The maximum Gasteiger partial charge on any atom is 0.212 e. The molecule has 3 N–H and O–H groups in total. The number of nitrogens with one attached hydrogen (secondary N) is 1. The van der Waals surface area contributed by atoms with Crippen LogP contribution in [-0.4, -0.2) is 27.3 Å². The summed E-state index contributed by atoms with van der Waals surface area (Å²) >= 11 is 0. The fourth-order valence-corrected chi connectivity index (χ4v) is 3.78. The number of hydrogen-bond donors (Lipinski definition) is 2. The molecule has 0 aliphatic heterocycles. The van der Waals surface area contributed by atoms with Gasteiger partial charge in [-0.05, 0) is 62.8 Å². The molecule has 1 aromatic carbocycles. The lowest BCUT2D eigenvalue weighted by Crippen LogP contribution is -2.29. The number of rotatable bonds is 11. The summed E-state index contributed by atoms with van der Waals surface area (Å²) in [5.74, 6) is 0.367. The molecule has 0 bridgehead atoms. The van der Waals surface area contributed by atoms with Gasteiger partial charge in [-0.25, -0.2) is 17.5 Å². The van der Waals surface area contributed by atoms with Gasteiger partial charge >= 0.3 is 0 Å². The number of hydrogen-bond acceptors (Lipinski definition) is 4. The van der Waals surface area contributed by atoms with Gasteiger partial charge in [-0.2, -0.15) is 0 Å². The molecule has 24 heavy (non-hydrogen) atoms. The number of unbranched alkanes of at least 4 members (excludes halogenated alkanes) is 2. The molecule has 1 atom stereocenters. The lowest BCUT2D eigenvalue weighted by Gasteiger charge is -2.16. The van der Waals surface area contributed by atoms with Crippen molar-refractivity contribution in [3.63, 3.8) is 0 Å². The molecule has 0 heterocycles. The van der Waals surface area contributed by atoms with Crippen LogP contribution in [0.1, 0.15) is 50.6 Å². The monoisotopic (exact) mass is 358 g/mol. The molecular formula is C17H27FN2O3S. The Balaban J connectivity index is 1.92. The van der Waals surface area contributed by atoms with Crippen molar-refractivity contribution in [1.82, 2.24) is 4.72 Å². The Hall–Kier alpha value is -1.18. The van der Waals surface area contributed by atoms with Crippen molar-refractivity contribution in [3.8, 4) is 5.75 Å². The first kappa shape index (κ1) is 19.1. The molecule has 1 aliphatic carbocycles. The van der Waals surface area contributed by atoms with E-state index in [4.69, 9.17) is 10.5 Å². The molecule has 1 saturated carbocycles. The van der Waals surface area contributed by atoms with Crippen LogP contribution in [0.25, 0.3) is 0 Å². The molecule has 5 nitrogen and oxygen atoms in total. The van der Waals surface area contributed by atoms with E-state index in [-0.39, 0.29) is 11.5 Å². The second kappa shape index (κ2) is 8.78. The Bertz CT molecular complexity index is 633. The van der Waals surface area contributed by atoms with Crippen molar-refractivity contribution in [2.24, 2.45) is 11.7 Å². The van der Waals surface area contributed by atoms with Crippen LogP contribution in [0.3, 0.4) is 0 Å². The van der Waals surface area contributed by atoms with Gasteiger partial charge in [-0.15, -0.1) is 0 Å². The number of nitrogens with two attached hydrogens (primary N) is 1. The van der Waals surface area contributed by atoms with Crippen molar-refractivity contribution in [3.05, 3.63) is 29.6 Å². The van der Waals surface area contributed by atoms with E-state index in [1.165, 1.54) is 6.07 Å². The summed E-state index contributed by atoms with van der Waals surface area (Å²) < 4.78 is 46.2. The van der Waals surface area contributed by atoms with Crippen molar-refractivity contribution < 1.29 is 17.5 Å². The average Bonchev–Trinajstić information content (AvgIpc) is 3.34. The second-order valence-electron chi connectivity index (χ2n) is 6.45. The third-order valence-corrected chi connectivity index (χ3v) is 5.64. The molecule has 2 rings (SSSR count). The summed E-state index contributed by atoms with van der Waals surface area (Å²) in [5, 5.41) is 0. The minimum atomic E-state index is -3.37. The summed E-state index contributed by atoms with van der Waals surface area (Å²) in [4.78, 5) is 0. The number of sulfonamides is 1. The summed E-state index contributed by atoms with van der Waals surface area (Å²) in [6.07, 6.45) is 4.45. The molecular weight excluding hydrogens is 331 g/mol. The van der Waals surface area contributed by atoms with Gasteiger partial charge in [0.15, 0.2) is 11.6 Å². The van der Waals surface area contributed by atoms with Crippen LogP contribution in [-0.2, 0) is 10.0 Å². The third-order valence-electron chi connectivity index (χ3n) is 4.10. The van der Waals surface area contributed by atoms with E-state index in [1.54, 1.807) is 19.1 Å². The molecule has 0 aromatic heterocycles. The molecule has 0 spiro atoms. The number of benzene rings is 1. The highest BCUT2D eigenvalue weighted by Gasteiger charge is 2.23. The predicted octanol–water partition coefficient (Wildman–Crippen LogP) is 2.72. The fourth-order valence-electron chi connectivity index (χ4n) is 2.40. The zero-order valence-electron chi connectivity index (χ0n) is 14.1. The van der Waals surface area contributed by atoms with E-state index in [2.05, 4.69) is 4.72 Å². The van der Waals surface area contributed by atoms with Gasteiger partial charge in [-0.1, -0.05) is 12.5 Å². The van der Waals surface area contributed by atoms with Crippen LogP contribution in [0.2, 0.25) is 0 Å². The van der Waals surface area contributed by atoms with Gasteiger partial charge in [-0.3, -0.25) is 0 Å². The first-order valence-corrected chi connectivity index (χ1v) is 10.2. The quantitative estimate of drug-likeness (QED) is 0.596. The summed E-state index contributed by atoms with van der Waals surface area (Å²) in [6.45, 7) is 2.83. The third kappa shape index (κ3) is 6.37. The maximum absolute atomic E-state index is 13.8. The standard InChI is InChI=1S/C17H27FN2O3S/c1-13(20-24(21,22)10-4-2-3-9-19)15-7-8-16(18)17(11-15)23-12-14-5-6-14/h7-8,11,13-14,20H,2-6,9-10,12,19H2,1H3/t13-/m0/s1. The lowest BCUT2D eigenvalue weighted by molar-refractivity contribution is 0.285. The Morgan fingerprint density at radius 3 is 2.75 bits per heavy atom. The molecule has 0 saturated heterocycles. The van der Waals surface area contributed by atoms with Crippen molar-refractivity contribution in [2.75, 3.05) is 18.9 Å². The molecule has 136 valence electrons. The molecule has 1 aliphatic rings. The van der Waals surface area contributed by atoms with E-state index < -0.39 is 21.9 Å². The van der Waals surface area contributed by atoms with Gasteiger partial charge in [0, 0.05) is 6.04 Å². The Morgan fingerprint density at radius 1 is 1.33 bits per heavy atom. The van der Waals surface area contributed by atoms with E-state index in [0.29, 0.717) is 31.1 Å². The Kier molecular flexibility index (Phi) is 7.01. The zero-order valence-corrected chi connectivity index (χ0v) is 14.9. The largest absolute Gasteiger partial charge is 0.490 e. The maximum atomic E-state index is 13.8. The van der Waals surface area contributed by atoms with Gasteiger partial charge < -0.3 is 10.5 Å². The highest BCUT2D eigenvalue weighted by molar-refractivity contribution is 7.89. The highest BCUT2D eigenvalue weighted by atomic mass is 32.2. The number of halogens is 1. The van der Waals surface area contributed by atoms with Crippen LogP contribution in [0.4, 0.5) is 4.39 Å². The second-order valence-corrected chi connectivity index (χ2v) is 8.33. The first-order valence-electron chi connectivity index (χ1n) is 8.53. The first-order chi connectivity index (χ1) is 11.4. The molecule has 0 radical (unpaired) electrons. The number of ether oxygens (including phenoxy) is 1. The van der Waals surface area contributed by atoms with Gasteiger partial charge in [0.2, 0.25) is 10.0 Å². The lowest BCUT2D eigenvalue weighted by atomic mass is 10.1. The van der Waals surface area contributed by atoms with Gasteiger partial charge in [0.05, 0.1) is 12.4 Å². The van der Waals surface area contributed by atoms with Gasteiger partial charge in [0.1, 0.15) is 0 Å². The normalized spacial score (nSPS) is 16.1. The van der Waals surface area contributed by atoms with Gasteiger partial charge in [0.25, 0.3) is 0 Å². The van der Waals surface area contributed by atoms with E-state index in [0.717, 1.165) is 25.7 Å². The van der Waals surface area contributed by atoms with Crippen LogP contribution in [0.5, 0.6) is 5.75 Å². The molecule has 1 aromatic rings. The molecule has 0 amide bonds. The van der Waals surface area contributed by atoms with Crippen LogP contribution in [0, 0.1) is 11.7 Å². The minimum absolute atomic E-state index is 0.0730. The van der Waals surface area contributed by atoms with Crippen LogP contribution < -0.4 is 15.2 Å². The fraction of sp³-hybridized carbons (Fsp3) is 0.647. The predicted molar refractivity (Wildman–Crippen MR) is 92.9 cm³/mol. The van der Waals surface area contributed by atoms with E-state index in [9.17, 15) is 12.8 Å². The zero-order chi connectivity index (χ0) is 17.6. The summed E-state index contributed by atoms with van der Waals surface area (Å²) in [7, 11) is -3.37. The highest BCUT2D eigenvalue weighted by Crippen LogP contribution is 2.31. The molecule has 7 heteroatoms. The summed E-state index contributed by atoms with van der Waals surface area (Å²) in [6, 6.07) is 4.05. The molecule has 1 fully saturated rings. The SMILES string of the molecule is C[C@H](NS(=O)(=O)CCCCCN)c1ccc(F)c(OCC2CC2)c1. The minimum Gasteiger partial charge on any atom is -0.490 e. The van der Waals surface area contributed by atoms with Crippen molar-refractivity contribution >= 4 is 10.0 Å². The molecule has 0 unspecified atom stereocenters.